The topological polar surface area (TPSA) is 55.0 Å². The third-order valence-corrected chi connectivity index (χ3v) is 5.27. The highest BCUT2D eigenvalue weighted by atomic mass is 32.2. The summed E-state index contributed by atoms with van der Waals surface area (Å²) < 4.78 is 5.94. The Labute approximate surface area is 123 Å². The van der Waals surface area contributed by atoms with Crippen molar-refractivity contribution in [3.63, 3.8) is 0 Å². The molecule has 1 aliphatic heterocycles. The first kappa shape index (κ1) is 14.1. The molecule has 110 valence electrons. The zero-order valence-electron chi connectivity index (χ0n) is 12.0. The van der Waals surface area contributed by atoms with Gasteiger partial charge < -0.3 is 9.72 Å². The van der Waals surface area contributed by atoms with Crippen LogP contribution in [-0.2, 0) is 16.2 Å². The Hall–Kier alpha value is -0.810. The van der Waals surface area contributed by atoms with Gasteiger partial charge in [0.15, 0.2) is 0 Å². The summed E-state index contributed by atoms with van der Waals surface area (Å²) in [6.45, 7) is 2.67. The van der Waals surface area contributed by atoms with Crippen LogP contribution in [0.5, 0.6) is 0 Å². The van der Waals surface area contributed by atoms with Crippen molar-refractivity contribution in [1.82, 2.24) is 9.97 Å². The van der Waals surface area contributed by atoms with Gasteiger partial charge in [-0.3, -0.25) is 4.79 Å². The number of nitrogens with zero attached hydrogens (tertiary/aromatic N) is 1. The van der Waals surface area contributed by atoms with E-state index < -0.39 is 0 Å². The average Bonchev–Trinajstić information content (AvgIpc) is 2.94. The van der Waals surface area contributed by atoms with E-state index in [1.807, 2.05) is 6.92 Å². The van der Waals surface area contributed by atoms with Gasteiger partial charge in [-0.2, -0.15) is 11.8 Å². The van der Waals surface area contributed by atoms with Gasteiger partial charge in [-0.05, 0) is 25.7 Å². The van der Waals surface area contributed by atoms with Crippen LogP contribution < -0.4 is 5.56 Å². The summed E-state index contributed by atoms with van der Waals surface area (Å²) in [4.78, 5) is 19.9. The Morgan fingerprint density at radius 2 is 2.15 bits per heavy atom. The smallest absolute Gasteiger partial charge is 0.255 e. The van der Waals surface area contributed by atoms with Gasteiger partial charge >= 0.3 is 0 Å². The van der Waals surface area contributed by atoms with Crippen molar-refractivity contribution in [2.24, 2.45) is 5.92 Å². The first-order chi connectivity index (χ1) is 9.79. The Bertz CT molecular complexity index is 523. The molecule has 0 bridgehead atoms. The second-order valence-electron chi connectivity index (χ2n) is 5.64. The fourth-order valence-corrected chi connectivity index (χ4v) is 4.31. The molecule has 1 aliphatic carbocycles. The number of fused-ring (bicyclic) bond motifs is 1. The number of hydrogen-bond donors (Lipinski definition) is 1. The number of ether oxygens (including phenoxy) is 1. The van der Waals surface area contributed by atoms with Crippen LogP contribution in [0.25, 0.3) is 0 Å². The molecule has 0 aromatic carbocycles. The molecule has 0 amide bonds. The van der Waals surface area contributed by atoms with Gasteiger partial charge in [0.1, 0.15) is 11.9 Å². The van der Waals surface area contributed by atoms with E-state index in [0.717, 1.165) is 28.6 Å². The van der Waals surface area contributed by atoms with Gasteiger partial charge in [0.25, 0.3) is 5.56 Å². The predicted molar refractivity (Wildman–Crippen MR) is 80.8 cm³/mol. The summed E-state index contributed by atoms with van der Waals surface area (Å²) in [5, 5.41) is 0. The van der Waals surface area contributed by atoms with Gasteiger partial charge in [0, 0.05) is 23.7 Å². The lowest BCUT2D eigenvalue weighted by Gasteiger charge is -2.29. The highest BCUT2D eigenvalue weighted by Crippen LogP contribution is 2.36. The molecule has 1 aromatic heterocycles. The Morgan fingerprint density at radius 3 is 2.90 bits per heavy atom. The molecule has 2 heterocycles. The second-order valence-corrected chi connectivity index (χ2v) is 6.63. The highest BCUT2D eigenvalue weighted by Gasteiger charge is 2.29. The molecular weight excluding hydrogens is 272 g/mol. The zero-order chi connectivity index (χ0) is 13.9. The quantitative estimate of drug-likeness (QED) is 0.926. The van der Waals surface area contributed by atoms with Gasteiger partial charge in [0.2, 0.25) is 0 Å². The van der Waals surface area contributed by atoms with E-state index in [1.165, 1.54) is 32.1 Å². The zero-order valence-corrected chi connectivity index (χ0v) is 12.8. The van der Waals surface area contributed by atoms with E-state index in [1.54, 1.807) is 11.8 Å². The summed E-state index contributed by atoms with van der Waals surface area (Å²) in [5.41, 5.74) is 1.86. The fourth-order valence-electron chi connectivity index (χ4n) is 3.27. The average molecular weight is 294 g/mol. The molecule has 1 saturated carbocycles. The third kappa shape index (κ3) is 2.79. The van der Waals surface area contributed by atoms with Gasteiger partial charge in [0.05, 0.1) is 5.69 Å². The highest BCUT2D eigenvalue weighted by molar-refractivity contribution is 7.98. The lowest BCUT2D eigenvalue weighted by Crippen LogP contribution is -2.26. The minimum Gasteiger partial charge on any atom is -0.370 e. The van der Waals surface area contributed by atoms with Gasteiger partial charge in [-0.25, -0.2) is 4.98 Å². The van der Waals surface area contributed by atoms with Gasteiger partial charge in [-0.1, -0.05) is 19.3 Å². The van der Waals surface area contributed by atoms with Crippen molar-refractivity contribution in [3.05, 3.63) is 27.4 Å². The SMILES string of the molecule is CCOC(c1nc2c(c(=O)[nH]1)CSC2)C1CCCCC1. The normalized spacial score (nSPS) is 20.9. The minimum absolute atomic E-state index is 0.0375. The van der Waals surface area contributed by atoms with E-state index in [0.29, 0.717) is 12.5 Å². The Kier molecular flexibility index (Phi) is 4.46. The molecule has 1 atom stereocenters. The maximum Gasteiger partial charge on any atom is 0.255 e. The molecular formula is C15H22N2O2S. The van der Waals surface area contributed by atoms with Crippen LogP contribution in [0, 0.1) is 5.92 Å². The molecule has 1 N–H and O–H groups in total. The third-order valence-electron chi connectivity index (χ3n) is 4.30. The first-order valence-corrected chi connectivity index (χ1v) is 8.76. The fraction of sp³-hybridized carbons (Fsp3) is 0.733. The molecule has 0 radical (unpaired) electrons. The van der Waals surface area contributed by atoms with E-state index in [4.69, 9.17) is 9.72 Å². The number of nitrogens with one attached hydrogen (secondary N) is 1. The lowest BCUT2D eigenvalue weighted by atomic mass is 9.85. The standard InChI is InChI=1S/C15H22N2O2S/c1-2-19-13(10-6-4-3-5-7-10)14-16-12-9-20-8-11(12)15(18)17-14/h10,13H,2-9H2,1H3,(H,16,17,18). The number of thioether (sulfide) groups is 1. The molecule has 4 nitrogen and oxygen atoms in total. The second kappa shape index (κ2) is 6.31. The Morgan fingerprint density at radius 1 is 1.35 bits per heavy atom. The van der Waals surface area contributed by atoms with Crippen molar-refractivity contribution < 1.29 is 4.74 Å². The van der Waals surface area contributed by atoms with Crippen LogP contribution >= 0.6 is 11.8 Å². The maximum absolute atomic E-state index is 12.2. The molecule has 2 aliphatic rings. The summed E-state index contributed by atoms with van der Waals surface area (Å²) in [6.07, 6.45) is 6.17. The van der Waals surface area contributed by atoms with E-state index >= 15 is 0 Å². The molecule has 1 aromatic rings. The molecule has 0 spiro atoms. The van der Waals surface area contributed by atoms with Crippen LogP contribution in [0.15, 0.2) is 4.79 Å². The van der Waals surface area contributed by atoms with Crippen molar-refractivity contribution in [1.29, 1.82) is 0 Å². The molecule has 1 unspecified atom stereocenters. The minimum atomic E-state index is -0.0381. The number of hydrogen-bond acceptors (Lipinski definition) is 4. The summed E-state index contributed by atoms with van der Waals surface area (Å²) >= 11 is 1.76. The van der Waals surface area contributed by atoms with Crippen LogP contribution in [0.3, 0.4) is 0 Å². The number of aromatic amines is 1. The summed E-state index contributed by atoms with van der Waals surface area (Å²) in [7, 11) is 0. The largest absolute Gasteiger partial charge is 0.370 e. The van der Waals surface area contributed by atoms with Crippen LogP contribution in [0.4, 0.5) is 0 Å². The lowest BCUT2D eigenvalue weighted by molar-refractivity contribution is -0.000464. The van der Waals surface area contributed by atoms with Crippen molar-refractivity contribution in [2.75, 3.05) is 6.61 Å². The monoisotopic (exact) mass is 294 g/mol. The van der Waals surface area contributed by atoms with E-state index in [9.17, 15) is 4.79 Å². The van der Waals surface area contributed by atoms with Gasteiger partial charge in [-0.15, -0.1) is 0 Å². The molecule has 0 saturated heterocycles. The van der Waals surface area contributed by atoms with Crippen LogP contribution in [0.2, 0.25) is 0 Å². The van der Waals surface area contributed by atoms with E-state index in [2.05, 4.69) is 4.98 Å². The van der Waals surface area contributed by atoms with E-state index in [-0.39, 0.29) is 11.7 Å². The summed E-state index contributed by atoms with van der Waals surface area (Å²) in [5.74, 6) is 2.90. The van der Waals surface area contributed by atoms with Crippen molar-refractivity contribution in [2.45, 2.75) is 56.6 Å². The summed E-state index contributed by atoms with van der Waals surface area (Å²) in [6, 6.07) is 0. The molecule has 1 fully saturated rings. The number of rotatable bonds is 4. The number of aromatic nitrogens is 2. The number of H-pyrrole nitrogens is 1. The van der Waals surface area contributed by atoms with Crippen molar-refractivity contribution >= 4 is 11.8 Å². The molecule has 3 rings (SSSR count). The first-order valence-electron chi connectivity index (χ1n) is 7.61. The maximum atomic E-state index is 12.2. The molecule has 20 heavy (non-hydrogen) atoms. The predicted octanol–water partition coefficient (Wildman–Crippen LogP) is 3.17. The van der Waals surface area contributed by atoms with Crippen LogP contribution in [-0.4, -0.2) is 16.6 Å². The van der Waals surface area contributed by atoms with Crippen LogP contribution in [0.1, 0.15) is 62.2 Å². The Balaban J connectivity index is 1.90. The molecule has 5 heteroatoms. The van der Waals surface area contributed by atoms with Crippen molar-refractivity contribution in [3.8, 4) is 0 Å².